The van der Waals surface area contributed by atoms with Crippen LogP contribution >= 0.6 is 16.3 Å². The predicted molar refractivity (Wildman–Crippen MR) is 63.7 cm³/mol. The van der Waals surface area contributed by atoms with E-state index in [2.05, 4.69) is 23.2 Å². The Morgan fingerprint density at radius 2 is 2.31 bits per heavy atom. The Hall–Kier alpha value is -1.03. The van der Waals surface area contributed by atoms with Crippen molar-refractivity contribution in [1.82, 2.24) is 0 Å². The van der Waals surface area contributed by atoms with Crippen LogP contribution in [0.5, 0.6) is 5.75 Å². The Morgan fingerprint density at radius 3 is 3.00 bits per heavy atom. The van der Waals surface area contributed by atoms with Gasteiger partial charge in [-0.1, -0.05) is 19.4 Å². The van der Waals surface area contributed by atoms with Crippen molar-refractivity contribution in [2.24, 2.45) is 0 Å². The van der Waals surface area contributed by atoms with Gasteiger partial charge in [-0.25, -0.2) is 4.79 Å². The van der Waals surface area contributed by atoms with Crippen LogP contribution in [-0.2, 0) is 4.74 Å². The number of carbonyl (C=O) groups is 1. The van der Waals surface area contributed by atoms with Crippen molar-refractivity contribution in [3.8, 4) is 5.75 Å². The molecular weight excluding hydrogens is 272 g/mol. The van der Waals surface area contributed by atoms with Gasteiger partial charge < -0.3 is 8.57 Å². The third kappa shape index (κ3) is 2.07. The maximum atomic E-state index is 11.6. The highest BCUT2D eigenvalue weighted by Gasteiger charge is 2.30. The fraction of sp³-hybridized carbons (Fsp3) is 0.417. The van der Waals surface area contributed by atoms with Crippen LogP contribution in [0.15, 0.2) is 18.2 Å². The fourth-order valence-corrected chi connectivity index (χ4v) is 2.10. The van der Waals surface area contributed by atoms with Gasteiger partial charge in [0, 0.05) is 5.56 Å². The molecule has 1 atom stereocenters. The monoisotopic (exact) mass is 284 g/mol. The number of halogens is 1. The summed E-state index contributed by atoms with van der Waals surface area (Å²) in [7, 11) is 0. The molecule has 1 unspecified atom stereocenters. The number of rotatable bonds is 4. The first-order valence-electron chi connectivity index (χ1n) is 5.39. The normalized spacial score (nSPS) is 18.1. The van der Waals surface area contributed by atoms with Crippen LogP contribution in [0.1, 0.15) is 48.2 Å². The molecule has 0 bridgehead atoms. The van der Waals surface area contributed by atoms with E-state index in [0.29, 0.717) is 11.3 Å². The molecule has 0 saturated heterocycles. The van der Waals surface area contributed by atoms with Gasteiger partial charge in [-0.2, -0.15) is 0 Å². The van der Waals surface area contributed by atoms with Gasteiger partial charge in [0.15, 0.2) is 16.3 Å². The highest BCUT2D eigenvalue weighted by molar-refractivity contribution is 9.06. The van der Waals surface area contributed by atoms with Gasteiger partial charge in [-0.05, 0) is 25.0 Å². The first kappa shape index (κ1) is 11.5. The fourth-order valence-electron chi connectivity index (χ4n) is 1.90. The summed E-state index contributed by atoms with van der Waals surface area (Å²) >= 11 is 2.89. The van der Waals surface area contributed by atoms with Crippen molar-refractivity contribution in [2.45, 2.75) is 32.3 Å². The molecule has 0 aromatic heterocycles. The molecule has 0 aliphatic carbocycles. The second-order valence-corrected chi connectivity index (χ2v) is 4.19. The summed E-state index contributed by atoms with van der Waals surface area (Å²) in [5.74, 6) is 0.370. The third-order valence-corrected chi connectivity index (χ3v) is 3.12. The van der Waals surface area contributed by atoms with E-state index in [1.54, 1.807) is 6.07 Å². The van der Waals surface area contributed by atoms with Crippen molar-refractivity contribution in [2.75, 3.05) is 0 Å². The molecule has 16 heavy (non-hydrogen) atoms. The molecule has 2 rings (SSSR count). The molecule has 4 heteroatoms. The van der Waals surface area contributed by atoms with Crippen LogP contribution in [-0.4, -0.2) is 5.97 Å². The van der Waals surface area contributed by atoms with Crippen LogP contribution in [0.3, 0.4) is 0 Å². The van der Waals surface area contributed by atoms with E-state index < -0.39 is 0 Å². The van der Waals surface area contributed by atoms with E-state index >= 15 is 0 Å². The lowest BCUT2D eigenvalue weighted by molar-refractivity contribution is 0.0364. The molecule has 1 aromatic carbocycles. The van der Waals surface area contributed by atoms with Crippen molar-refractivity contribution in [1.29, 1.82) is 0 Å². The molecule has 0 N–H and O–H groups in total. The minimum Gasteiger partial charge on any atom is -0.454 e. The van der Waals surface area contributed by atoms with Gasteiger partial charge in [0.05, 0.1) is 5.56 Å². The second-order valence-electron chi connectivity index (χ2n) is 3.86. The molecule has 3 nitrogen and oxygen atoms in total. The highest BCUT2D eigenvalue weighted by atomic mass is 79.9. The van der Waals surface area contributed by atoms with E-state index in [9.17, 15) is 4.79 Å². The van der Waals surface area contributed by atoms with Crippen molar-refractivity contribution < 1.29 is 13.4 Å². The number of ether oxygens (including phenoxy) is 1. The first-order chi connectivity index (χ1) is 7.76. The van der Waals surface area contributed by atoms with Gasteiger partial charge in [0.2, 0.25) is 0 Å². The molecule has 1 heterocycles. The zero-order chi connectivity index (χ0) is 11.5. The summed E-state index contributed by atoms with van der Waals surface area (Å²) in [4.78, 5) is 11.6. The third-order valence-electron chi connectivity index (χ3n) is 2.75. The average Bonchev–Trinajstić information content (AvgIpc) is 2.63. The summed E-state index contributed by atoms with van der Waals surface area (Å²) in [5.41, 5.74) is 1.60. The van der Waals surface area contributed by atoms with Gasteiger partial charge in [0.25, 0.3) is 0 Å². The minimum atomic E-state index is -0.248. The number of unbranched alkanes of at least 4 members (excludes halogenated alkanes) is 1. The smallest absolute Gasteiger partial charge is 0.339 e. The number of cyclic esters (lactones) is 1. The zero-order valence-electron chi connectivity index (χ0n) is 9.03. The number of benzene rings is 1. The lowest BCUT2D eigenvalue weighted by atomic mass is 10.0. The van der Waals surface area contributed by atoms with Crippen molar-refractivity contribution in [3.05, 3.63) is 29.3 Å². The lowest BCUT2D eigenvalue weighted by Crippen LogP contribution is -1.98. The van der Waals surface area contributed by atoms with Gasteiger partial charge in [0.1, 0.15) is 11.9 Å². The highest BCUT2D eigenvalue weighted by Crippen LogP contribution is 2.36. The Kier molecular flexibility index (Phi) is 3.49. The summed E-state index contributed by atoms with van der Waals surface area (Å²) in [6, 6.07) is 5.43. The summed E-state index contributed by atoms with van der Waals surface area (Å²) in [5, 5.41) is 0. The van der Waals surface area contributed by atoms with Crippen LogP contribution in [0.4, 0.5) is 0 Å². The second kappa shape index (κ2) is 4.87. The SMILES string of the molecule is CCCCC1OC(=O)c2cc(OBr)ccc21. The Bertz CT molecular complexity index is 403. The van der Waals surface area contributed by atoms with E-state index in [1.165, 1.54) is 0 Å². The minimum absolute atomic E-state index is 0.0770. The lowest BCUT2D eigenvalue weighted by Gasteiger charge is -2.09. The van der Waals surface area contributed by atoms with Crippen LogP contribution in [0.25, 0.3) is 0 Å². The zero-order valence-corrected chi connectivity index (χ0v) is 10.6. The molecule has 0 saturated carbocycles. The van der Waals surface area contributed by atoms with Gasteiger partial charge in [-0.15, -0.1) is 0 Å². The number of hydrogen-bond acceptors (Lipinski definition) is 3. The standard InChI is InChI=1S/C12H13BrO3/c1-2-3-4-11-9-6-5-8(16-13)7-10(9)12(14)15-11/h5-7,11H,2-4H2,1H3. The van der Waals surface area contributed by atoms with Crippen LogP contribution < -0.4 is 3.83 Å². The molecule has 0 amide bonds. The van der Waals surface area contributed by atoms with Crippen molar-refractivity contribution >= 4 is 22.2 Å². The van der Waals surface area contributed by atoms with Crippen LogP contribution in [0.2, 0.25) is 0 Å². The summed E-state index contributed by atoms with van der Waals surface area (Å²) < 4.78 is 10.2. The molecular formula is C12H13BrO3. The Labute approximate surface area is 103 Å². The molecule has 1 aromatic rings. The quantitative estimate of drug-likeness (QED) is 0.790. The Morgan fingerprint density at radius 1 is 1.50 bits per heavy atom. The number of esters is 1. The maximum Gasteiger partial charge on any atom is 0.339 e. The molecule has 1 aliphatic heterocycles. The topological polar surface area (TPSA) is 35.5 Å². The van der Waals surface area contributed by atoms with E-state index in [4.69, 9.17) is 8.57 Å². The van der Waals surface area contributed by atoms with E-state index in [-0.39, 0.29) is 12.1 Å². The van der Waals surface area contributed by atoms with E-state index in [0.717, 1.165) is 24.8 Å². The summed E-state index contributed by atoms with van der Waals surface area (Å²) in [6.45, 7) is 2.12. The van der Waals surface area contributed by atoms with Gasteiger partial charge in [-0.3, -0.25) is 0 Å². The number of carbonyl (C=O) groups excluding carboxylic acids is 1. The Balaban J connectivity index is 2.25. The largest absolute Gasteiger partial charge is 0.454 e. The first-order valence-corrected chi connectivity index (χ1v) is 6.04. The molecule has 0 spiro atoms. The van der Waals surface area contributed by atoms with Crippen molar-refractivity contribution in [3.63, 3.8) is 0 Å². The number of hydrogen-bond donors (Lipinski definition) is 0. The molecule has 86 valence electrons. The molecule has 0 radical (unpaired) electrons. The average molecular weight is 285 g/mol. The summed E-state index contributed by atoms with van der Waals surface area (Å²) in [6.07, 6.45) is 2.98. The number of fused-ring (bicyclic) bond motifs is 1. The van der Waals surface area contributed by atoms with E-state index in [1.807, 2.05) is 12.1 Å². The molecule has 1 aliphatic rings. The van der Waals surface area contributed by atoms with Gasteiger partial charge >= 0.3 is 5.97 Å². The molecule has 0 fully saturated rings. The maximum absolute atomic E-state index is 11.6. The predicted octanol–water partition coefficient (Wildman–Crippen LogP) is 3.78. The van der Waals surface area contributed by atoms with Crippen LogP contribution in [0, 0.1) is 0 Å².